The summed E-state index contributed by atoms with van der Waals surface area (Å²) < 4.78 is 6.27. The number of hydrogen-bond acceptors (Lipinski definition) is 6. The molecule has 1 fully saturated rings. The Morgan fingerprint density at radius 2 is 1.89 bits per heavy atom. The first-order chi connectivity index (χ1) is 17.7. The Labute approximate surface area is 218 Å². The number of para-hydroxylation sites is 1. The largest absolute Gasteiger partial charge is 0.491 e. The van der Waals surface area contributed by atoms with Crippen molar-refractivity contribution in [1.82, 2.24) is 20.0 Å². The SMILES string of the molecule is CN(C)CC(=O)N[C@H]1CCCN(C)C(=O)c2cccc(c2)-c2ccccc2OC[C@@H]2C[C@H](N)CN2C1=O. The number of nitrogens with two attached hydrogens (primary N) is 1. The maximum atomic E-state index is 13.7. The van der Waals surface area contributed by atoms with E-state index in [0.29, 0.717) is 43.7 Å². The Hall–Kier alpha value is -3.43. The van der Waals surface area contributed by atoms with E-state index in [1.54, 1.807) is 41.9 Å². The van der Waals surface area contributed by atoms with Gasteiger partial charge in [-0.05, 0) is 57.1 Å². The molecular formula is C28H37N5O4. The van der Waals surface area contributed by atoms with Crippen molar-refractivity contribution in [2.24, 2.45) is 5.73 Å². The summed E-state index contributed by atoms with van der Waals surface area (Å²) >= 11 is 0. The predicted octanol–water partition coefficient (Wildman–Crippen LogP) is 1.57. The van der Waals surface area contributed by atoms with Crippen LogP contribution in [-0.4, -0.2) is 97.9 Å². The summed E-state index contributed by atoms with van der Waals surface area (Å²) in [6, 6.07) is 14.2. The lowest BCUT2D eigenvalue weighted by molar-refractivity contribution is -0.138. The Kier molecular flexibility index (Phi) is 8.45. The van der Waals surface area contributed by atoms with Gasteiger partial charge >= 0.3 is 0 Å². The standard InChI is InChI=1S/C28H37N5O4/c1-31(2)17-26(34)30-24-11-7-13-32(3)27(35)20-9-6-8-19(14-20)23-10-4-5-12-25(23)37-18-22-15-21(29)16-33(22)28(24)36/h4-6,8-10,12,14,21-22,24H,7,11,13,15-18,29H2,1-3H3,(H,30,34)/t21-,22-,24-/m0/s1. The molecule has 2 aromatic rings. The van der Waals surface area contributed by atoms with Crippen LogP contribution in [0, 0.1) is 0 Å². The van der Waals surface area contributed by atoms with Crippen LogP contribution in [0.5, 0.6) is 5.75 Å². The second-order valence-corrected chi connectivity index (χ2v) is 10.3. The fourth-order valence-corrected chi connectivity index (χ4v) is 5.06. The number of carbonyl (C=O) groups is 3. The van der Waals surface area contributed by atoms with Gasteiger partial charge < -0.3 is 30.5 Å². The molecule has 2 bridgehead atoms. The molecule has 4 rings (SSSR count). The minimum absolute atomic E-state index is 0.0996. The molecule has 3 amide bonds. The number of ether oxygens (including phenoxy) is 1. The normalized spacial score (nSPS) is 22.9. The number of hydrogen-bond donors (Lipinski definition) is 2. The number of benzene rings is 2. The summed E-state index contributed by atoms with van der Waals surface area (Å²) in [5.41, 5.74) is 8.64. The second kappa shape index (κ2) is 11.7. The Morgan fingerprint density at radius 1 is 1.14 bits per heavy atom. The van der Waals surface area contributed by atoms with Gasteiger partial charge in [0.25, 0.3) is 5.91 Å². The van der Waals surface area contributed by atoms with Gasteiger partial charge in [-0.3, -0.25) is 14.4 Å². The van der Waals surface area contributed by atoms with E-state index in [2.05, 4.69) is 5.32 Å². The molecule has 9 heteroatoms. The van der Waals surface area contributed by atoms with Crippen molar-refractivity contribution in [3.8, 4) is 16.9 Å². The zero-order valence-corrected chi connectivity index (χ0v) is 21.9. The topological polar surface area (TPSA) is 108 Å². The van der Waals surface area contributed by atoms with Crippen LogP contribution in [0.2, 0.25) is 0 Å². The van der Waals surface area contributed by atoms with Gasteiger partial charge in [-0.25, -0.2) is 0 Å². The van der Waals surface area contributed by atoms with Crippen molar-refractivity contribution in [2.75, 3.05) is 47.4 Å². The summed E-state index contributed by atoms with van der Waals surface area (Å²) in [6.07, 6.45) is 1.60. The fourth-order valence-electron chi connectivity index (χ4n) is 5.06. The van der Waals surface area contributed by atoms with E-state index in [-0.39, 0.29) is 43.0 Å². The van der Waals surface area contributed by atoms with Crippen LogP contribution in [0.15, 0.2) is 48.5 Å². The first-order valence-corrected chi connectivity index (χ1v) is 12.8. The highest BCUT2D eigenvalue weighted by molar-refractivity contribution is 5.95. The molecule has 2 aromatic carbocycles. The van der Waals surface area contributed by atoms with Crippen LogP contribution in [0.3, 0.4) is 0 Å². The van der Waals surface area contributed by atoms with Crippen molar-refractivity contribution in [1.29, 1.82) is 0 Å². The lowest BCUT2D eigenvalue weighted by atomic mass is 10.0. The lowest BCUT2D eigenvalue weighted by Gasteiger charge is -2.30. The van der Waals surface area contributed by atoms with E-state index in [4.69, 9.17) is 10.5 Å². The molecule has 3 atom stereocenters. The van der Waals surface area contributed by atoms with Crippen LogP contribution < -0.4 is 15.8 Å². The zero-order chi connectivity index (χ0) is 26.5. The van der Waals surface area contributed by atoms with Gasteiger partial charge in [-0.1, -0.05) is 30.3 Å². The molecule has 0 spiro atoms. The van der Waals surface area contributed by atoms with Crippen LogP contribution in [-0.2, 0) is 9.59 Å². The summed E-state index contributed by atoms with van der Waals surface area (Å²) in [4.78, 5) is 44.7. The van der Waals surface area contributed by atoms with Gasteiger partial charge in [-0.2, -0.15) is 0 Å². The van der Waals surface area contributed by atoms with Gasteiger partial charge in [0.05, 0.1) is 12.6 Å². The summed E-state index contributed by atoms with van der Waals surface area (Å²) in [5, 5.41) is 2.92. The van der Waals surface area contributed by atoms with E-state index in [1.807, 2.05) is 42.5 Å². The molecule has 2 aliphatic heterocycles. The summed E-state index contributed by atoms with van der Waals surface area (Å²) in [7, 11) is 5.37. The van der Waals surface area contributed by atoms with Crippen LogP contribution in [0.1, 0.15) is 29.6 Å². The van der Waals surface area contributed by atoms with Crippen molar-refractivity contribution < 1.29 is 19.1 Å². The predicted molar refractivity (Wildman–Crippen MR) is 142 cm³/mol. The first-order valence-electron chi connectivity index (χ1n) is 12.8. The fraction of sp³-hybridized carbons (Fsp3) is 0.464. The van der Waals surface area contributed by atoms with E-state index in [0.717, 1.165) is 11.1 Å². The number of nitrogens with one attached hydrogen (secondary N) is 1. The first kappa shape index (κ1) is 26.6. The third-order valence-electron chi connectivity index (χ3n) is 6.89. The molecular weight excluding hydrogens is 470 g/mol. The number of amides is 3. The van der Waals surface area contributed by atoms with Crippen molar-refractivity contribution >= 4 is 17.7 Å². The van der Waals surface area contributed by atoms with Crippen molar-refractivity contribution in [3.05, 3.63) is 54.1 Å². The molecule has 3 N–H and O–H groups in total. The third kappa shape index (κ3) is 6.47. The molecule has 2 heterocycles. The molecule has 0 saturated carbocycles. The molecule has 0 radical (unpaired) electrons. The summed E-state index contributed by atoms with van der Waals surface area (Å²) in [6.45, 7) is 1.34. The van der Waals surface area contributed by atoms with E-state index in [9.17, 15) is 14.4 Å². The maximum absolute atomic E-state index is 13.7. The molecule has 0 unspecified atom stereocenters. The molecule has 2 aliphatic rings. The van der Waals surface area contributed by atoms with Crippen molar-refractivity contribution in [2.45, 2.75) is 37.4 Å². The van der Waals surface area contributed by atoms with Gasteiger partial charge in [0, 0.05) is 37.3 Å². The second-order valence-electron chi connectivity index (χ2n) is 10.3. The van der Waals surface area contributed by atoms with Gasteiger partial charge in [0.15, 0.2) is 0 Å². The van der Waals surface area contributed by atoms with E-state index < -0.39 is 6.04 Å². The summed E-state index contributed by atoms with van der Waals surface area (Å²) in [5.74, 6) is 0.200. The van der Waals surface area contributed by atoms with Crippen molar-refractivity contribution in [3.63, 3.8) is 0 Å². The Balaban J connectivity index is 1.67. The minimum Gasteiger partial charge on any atom is -0.491 e. The maximum Gasteiger partial charge on any atom is 0.253 e. The molecule has 9 nitrogen and oxygen atoms in total. The van der Waals surface area contributed by atoms with Crippen LogP contribution in [0.4, 0.5) is 0 Å². The van der Waals surface area contributed by atoms with Crippen LogP contribution in [0.25, 0.3) is 11.1 Å². The average Bonchev–Trinajstić information content (AvgIpc) is 3.25. The smallest absolute Gasteiger partial charge is 0.253 e. The zero-order valence-electron chi connectivity index (χ0n) is 21.9. The third-order valence-corrected chi connectivity index (χ3v) is 6.89. The number of fused-ring (bicyclic) bond motifs is 5. The highest BCUT2D eigenvalue weighted by Crippen LogP contribution is 2.31. The number of nitrogens with zero attached hydrogens (tertiary/aromatic N) is 3. The molecule has 37 heavy (non-hydrogen) atoms. The number of rotatable bonds is 3. The minimum atomic E-state index is -0.702. The Morgan fingerprint density at radius 3 is 2.68 bits per heavy atom. The molecule has 1 saturated heterocycles. The monoisotopic (exact) mass is 507 g/mol. The average molecular weight is 508 g/mol. The van der Waals surface area contributed by atoms with Crippen LogP contribution >= 0.6 is 0 Å². The Bertz CT molecular complexity index is 1140. The number of carbonyl (C=O) groups excluding carboxylic acids is 3. The molecule has 198 valence electrons. The van der Waals surface area contributed by atoms with Gasteiger partial charge in [-0.15, -0.1) is 0 Å². The molecule has 0 aliphatic carbocycles. The highest BCUT2D eigenvalue weighted by Gasteiger charge is 2.37. The van der Waals surface area contributed by atoms with Gasteiger partial charge in [0.1, 0.15) is 18.4 Å². The highest BCUT2D eigenvalue weighted by atomic mass is 16.5. The van der Waals surface area contributed by atoms with Gasteiger partial charge in [0.2, 0.25) is 11.8 Å². The number of likely N-dealkylation sites (N-methyl/N-ethyl adjacent to an activating group) is 1. The molecule has 0 aromatic heterocycles. The van der Waals surface area contributed by atoms with E-state index >= 15 is 0 Å². The van der Waals surface area contributed by atoms with E-state index in [1.165, 1.54) is 0 Å². The lowest BCUT2D eigenvalue weighted by Crippen LogP contribution is -2.52. The quantitative estimate of drug-likeness (QED) is 0.653.